The van der Waals surface area contributed by atoms with E-state index >= 15 is 0 Å². The van der Waals surface area contributed by atoms with Crippen LogP contribution in [0.3, 0.4) is 0 Å². The molecule has 0 aromatic rings. The topological polar surface area (TPSA) is 17.1 Å². The smallest absolute Gasteiger partial charge is 0.147 e. The van der Waals surface area contributed by atoms with Gasteiger partial charge in [-0.2, -0.15) is 0 Å². The molecule has 2 unspecified atom stereocenters. The lowest BCUT2D eigenvalue weighted by molar-refractivity contribution is -0.116. The van der Waals surface area contributed by atoms with Gasteiger partial charge in [0.2, 0.25) is 0 Å². The summed E-state index contributed by atoms with van der Waals surface area (Å²) in [6, 6.07) is 0. The summed E-state index contributed by atoms with van der Waals surface area (Å²) in [4.78, 5) is 10.5. The molecule has 0 radical (unpaired) electrons. The number of hydrogen-bond acceptors (Lipinski definition) is 1. The van der Waals surface area contributed by atoms with E-state index in [1.807, 2.05) is 6.92 Å². The Bertz CT molecular complexity index is 101. The van der Waals surface area contributed by atoms with Crippen LogP contribution in [0.1, 0.15) is 20.3 Å². The fourth-order valence-corrected chi connectivity index (χ4v) is 0.988. The average Bonchev–Trinajstić information content (AvgIpc) is 1.63. The Morgan fingerprint density at radius 3 is 2.11 bits per heavy atom. The first-order valence-electron chi connectivity index (χ1n) is 2.82. The maximum absolute atomic E-state index is 10.5. The fraction of sp³-hybridized carbons (Fsp3) is 0.833. The van der Waals surface area contributed by atoms with Gasteiger partial charge in [0, 0.05) is 5.38 Å². The van der Waals surface area contributed by atoms with Crippen LogP contribution in [0, 0.1) is 0 Å². The Kier molecular flexibility index (Phi) is 4.24. The summed E-state index contributed by atoms with van der Waals surface area (Å²) < 4.78 is 0. The van der Waals surface area contributed by atoms with Gasteiger partial charge in [-0.25, -0.2) is 0 Å². The third-order valence-electron chi connectivity index (χ3n) is 0.973. The number of carbonyl (C=O) groups is 1. The van der Waals surface area contributed by atoms with E-state index < -0.39 is 5.38 Å². The molecular formula is C6H10Cl2O. The maximum atomic E-state index is 10.5. The van der Waals surface area contributed by atoms with Crippen molar-refractivity contribution in [2.45, 2.75) is 31.0 Å². The zero-order valence-electron chi connectivity index (χ0n) is 5.53. The van der Waals surface area contributed by atoms with Crippen molar-refractivity contribution in [1.82, 2.24) is 0 Å². The molecular weight excluding hydrogens is 159 g/mol. The number of hydrogen-bond donors (Lipinski definition) is 0. The SMILES string of the molecule is CC(=O)C(Cl)CC(C)Cl. The molecule has 0 rings (SSSR count). The highest BCUT2D eigenvalue weighted by Gasteiger charge is 2.12. The van der Waals surface area contributed by atoms with E-state index in [1.165, 1.54) is 6.92 Å². The molecule has 1 nitrogen and oxygen atoms in total. The van der Waals surface area contributed by atoms with Crippen molar-refractivity contribution in [1.29, 1.82) is 0 Å². The van der Waals surface area contributed by atoms with Crippen molar-refractivity contribution < 1.29 is 4.79 Å². The fourth-order valence-electron chi connectivity index (χ4n) is 0.451. The Morgan fingerprint density at radius 2 is 2.00 bits per heavy atom. The third-order valence-corrected chi connectivity index (χ3v) is 1.64. The van der Waals surface area contributed by atoms with Gasteiger partial charge in [0.1, 0.15) is 5.78 Å². The lowest BCUT2D eigenvalue weighted by Gasteiger charge is -2.05. The van der Waals surface area contributed by atoms with Gasteiger partial charge in [-0.3, -0.25) is 4.79 Å². The lowest BCUT2D eigenvalue weighted by atomic mass is 10.2. The molecule has 0 aromatic carbocycles. The molecule has 0 saturated heterocycles. The summed E-state index contributed by atoms with van der Waals surface area (Å²) in [5.41, 5.74) is 0. The third kappa shape index (κ3) is 4.73. The highest BCUT2D eigenvalue weighted by molar-refractivity contribution is 6.31. The monoisotopic (exact) mass is 168 g/mol. The Morgan fingerprint density at radius 1 is 1.56 bits per heavy atom. The summed E-state index contributed by atoms with van der Waals surface area (Å²) in [6.07, 6.45) is 0.554. The van der Waals surface area contributed by atoms with Gasteiger partial charge in [0.25, 0.3) is 0 Å². The number of rotatable bonds is 3. The second-order valence-electron chi connectivity index (χ2n) is 2.09. The van der Waals surface area contributed by atoms with Crippen molar-refractivity contribution in [2.24, 2.45) is 0 Å². The first-order chi connectivity index (χ1) is 4.04. The minimum Gasteiger partial charge on any atom is -0.298 e. The number of alkyl halides is 2. The zero-order valence-corrected chi connectivity index (χ0v) is 7.04. The van der Waals surface area contributed by atoms with Crippen LogP contribution in [-0.2, 0) is 4.79 Å². The molecule has 0 aromatic heterocycles. The van der Waals surface area contributed by atoms with Gasteiger partial charge in [-0.05, 0) is 20.3 Å². The molecule has 0 fully saturated rings. The van der Waals surface area contributed by atoms with Crippen LogP contribution in [0.4, 0.5) is 0 Å². The standard InChI is InChI=1S/C6H10Cl2O/c1-4(7)3-6(8)5(2)9/h4,6H,3H2,1-2H3. The molecule has 0 saturated carbocycles. The molecule has 0 heterocycles. The van der Waals surface area contributed by atoms with Gasteiger partial charge in [-0.1, -0.05) is 0 Å². The van der Waals surface area contributed by atoms with E-state index in [4.69, 9.17) is 23.2 Å². The minimum absolute atomic E-state index is 0.0100. The van der Waals surface area contributed by atoms with Gasteiger partial charge >= 0.3 is 0 Å². The van der Waals surface area contributed by atoms with Crippen LogP contribution in [0.5, 0.6) is 0 Å². The van der Waals surface area contributed by atoms with Crippen LogP contribution in [0.15, 0.2) is 0 Å². The quantitative estimate of drug-likeness (QED) is 0.592. The molecule has 0 amide bonds. The first-order valence-corrected chi connectivity index (χ1v) is 3.70. The van der Waals surface area contributed by atoms with Gasteiger partial charge in [-0.15, -0.1) is 23.2 Å². The molecule has 0 aliphatic heterocycles. The van der Waals surface area contributed by atoms with Gasteiger partial charge < -0.3 is 0 Å². The molecule has 0 N–H and O–H groups in total. The van der Waals surface area contributed by atoms with Crippen LogP contribution in [0.2, 0.25) is 0 Å². The van der Waals surface area contributed by atoms with Gasteiger partial charge in [0.15, 0.2) is 0 Å². The molecule has 54 valence electrons. The molecule has 0 bridgehead atoms. The molecule has 0 aliphatic carbocycles. The Labute approximate surface area is 65.3 Å². The Hall–Kier alpha value is 0.250. The number of Topliss-reactive ketones (excluding diaryl/α,β-unsaturated/α-hetero) is 1. The summed E-state index contributed by atoms with van der Waals surface area (Å²) in [5.74, 6) is -0.0100. The second-order valence-corrected chi connectivity index (χ2v) is 3.37. The number of ketones is 1. The number of halogens is 2. The lowest BCUT2D eigenvalue weighted by Crippen LogP contribution is -2.13. The van der Waals surface area contributed by atoms with Crippen LogP contribution in [0.25, 0.3) is 0 Å². The van der Waals surface area contributed by atoms with E-state index in [1.54, 1.807) is 0 Å². The predicted molar refractivity (Wildman–Crippen MR) is 40.3 cm³/mol. The van der Waals surface area contributed by atoms with Crippen molar-refractivity contribution >= 4 is 29.0 Å². The van der Waals surface area contributed by atoms with Crippen LogP contribution < -0.4 is 0 Å². The van der Waals surface area contributed by atoms with Crippen LogP contribution in [-0.4, -0.2) is 16.5 Å². The minimum atomic E-state index is -0.405. The van der Waals surface area contributed by atoms with Gasteiger partial charge in [0.05, 0.1) is 5.38 Å². The predicted octanol–water partition coefficient (Wildman–Crippen LogP) is 2.20. The normalized spacial score (nSPS) is 16.9. The molecule has 2 atom stereocenters. The molecule has 3 heteroatoms. The average molecular weight is 169 g/mol. The van der Waals surface area contributed by atoms with E-state index in [-0.39, 0.29) is 11.2 Å². The first kappa shape index (κ1) is 9.25. The summed E-state index contributed by atoms with van der Waals surface area (Å²) in [7, 11) is 0. The van der Waals surface area contributed by atoms with Crippen molar-refractivity contribution in [3.05, 3.63) is 0 Å². The molecule has 9 heavy (non-hydrogen) atoms. The second kappa shape index (κ2) is 4.13. The summed E-state index contributed by atoms with van der Waals surface area (Å²) in [6.45, 7) is 3.29. The van der Waals surface area contributed by atoms with Crippen molar-refractivity contribution in [3.63, 3.8) is 0 Å². The van der Waals surface area contributed by atoms with E-state index in [2.05, 4.69) is 0 Å². The van der Waals surface area contributed by atoms with E-state index in [9.17, 15) is 4.79 Å². The zero-order chi connectivity index (χ0) is 7.44. The number of carbonyl (C=O) groups excluding carboxylic acids is 1. The summed E-state index contributed by atoms with van der Waals surface area (Å²) >= 11 is 11.2. The highest BCUT2D eigenvalue weighted by atomic mass is 35.5. The molecule has 0 aliphatic rings. The molecule has 0 spiro atoms. The summed E-state index contributed by atoms with van der Waals surface area (Å²) in [5, 5.41) is -0.422. The van der Waals surface area contributed by atoms with E-state index in [0.717, 1.165) is 0 Å². The largest absolute Gasteiger partial charge is 0.298 e. The van der Waals surface area contributed by atoms with Crippen molar-refractivity contribution in [3.8, 4) is 0 Å². The van der Waals surface area contributed by atoms with Crippen LogP contribution >= 0.6 is 23.2 Å². The highest BCUT2D eigenvalue weighted by Crippen LogP contribution is 2.10. The van der Waals surface area contributed by atoms with Crippen molar-refractivity contribution in [2.75, 3.05) is 0 Å². The Balaban J connectivity index is 3.50. The maximum Gasteiger partial charge on any atom is 0.147 e. The van der Waals surface area contributed by atoms with E-state index in [0.29, 0.717) is 6.42 Å².